The Morgan fingerprint density at radius 1 is 1.50 bits per heavy atom. The average Bonchev–Trinajstić information content (AvgIpc) is 2.05. The summed E-state index contributed by atoms with van der Waals surface area (Å²) in [6.07, 6.45) is 0.625. The van der Waals surface area contributed by atoms with E-state index in [4.69, 9.17) is 10.8 Å². The topological polar surface area (TPSA) is 46.2 Å². The number of rotatable bonds is 3. The molecule has 2 nitrogen and oxygen atoms in total. The molecule has 0 amide bonds. The first-order chi connectivity index (χ1) is 5.74. The van der Waals surface area contributed by atoms with Gasteiger partial charge in [-0.15, -0.1) is 0 Å². The lowest BCUT2D eigenvalue weighted by Crippen LogP contribution is -2.11. The van der Waals surface area contributed by atoms with E-state index in [2.05, 4.69) is 22.6 Å². The van der Waals surface area contributed by atoms with Gasteiger partial charge in [-0.2, -0.15) is 0 Å². The molecule has 0 saturated heterocycles. The van der Waals surface area contributed by atoms with Crippen LogP contribution in [-0.4, -0.2) is 11.7 Å². The van der Waals surface area contributed by atoms with Crippen molar-refractivity contribution < 1.29 is 5.11 Å². The van der Waals surface area contributed by atoms with Crippen molar-refractivity contribution in [2.45, 2.75) is 12.5 Å². The van der Waals surface area contributed by atoms with Gasteiger partial charge in [0, 0.05) is 16.2 Å². The van der Waals surface area contributed by atoms with Crippen LogP contribution in [0.4, 0.5) is 0 Å². The van der Waals surface area contributed by atoms with E-state index in [0.717, 1.165) is 5.56 Å². The van der Waals surface area contributed by atoms with Crippen molar-refractivity contribution in [3.05, 3.63) is 33.4 Å². The van der Waals surface area contributed by atoms with Gasteiger partial charge in [-0.3, -0.25) is 0 Å². The standard InChI is InChI=1S/C9H12INO/c10-8-3-1-2-7(6-8)9(11)4-5-12/h1-3,6,9,12H,4-5,11H2/t9-/m0/s1. The van der Waals surface area contributed by atoms with Gasteiger partial charge in [0.25, 0.3) is 0 Å². The highest BCUT2D eigenvalue weighted by Crippen LogP contribution is 2.15. The molecule has 0 aliphatic carbocycles. The molecule has 1 aromatic carbocycles. The Kier molecular flexibility index (Phi) is 3.97. The van der Waals surface area contributed by atoms with Crippen molar-refractivity contribution in [2.75, 3.05) is 6.61 Å². The fourth-order valence-corrected chi connectivity index (χ4v) is 1.61. The number of aliphatic hydroxyl groups is 1. The number of nitrogens with two attached hydrogens (primary N) is 1. The number of halogens is 1. The Morgan fingerprint density at radius 3 is 2.83 bits per heavy atom. The van der Waals surface area contributed by atoms with E-state index in [0.29, 0.717) is 6.42 Å². The SMILES string of the molecule is N[C@@H](CCO)c1cccc(I)c1. The van der Waals surface area contributed by atoms with E-state index in [9.17, 15) is 0 Å². The lowest BCUT2D eigenvalue weighted by Gasteiger charge is -2.09. The summed E-state index contributed by atoms with van der Waals surface area (Å²) in [5.74, 6) is 0. The summed E-state index contributed by atoms with van der Waals surface area (Å²) in [4.78, 5) is 0. The molecule has 1 atom stereocenters. The summed E-state index contributed by atoms with van der Waals surface area (Å²) < 4.78 is 1.18. The second-order valence-corrected chi connectivity index (χ2v) is 3.92. The minimum absolute atomic E-state index is 0.0373. The van der Waals surface area contributed by atoms with Crippen molar-refractivity contribution >= 4 is 22.6 Å². The van der Waals surface area contributed by atoms with Crippen LogP contribution in [0.2, 0.25) is 0 Å². The number of hydrogen-bond donors (Lipinski definition) is 2. The summed E-state index contributed by atoms with van der Waals surface area (Å²) >= 11 is 2.25. The summed E-state index contributed by atoms with van der Waals surface area (Å²) in [6.45, 7) is 0.145. The molecule has 0 aliphatic heterocycles. The van der Waals surface area contributed by atoms with Crippen LogP contribution in [0, 0.1) is 3.57 Å². The van der Waals surface area contributed by atoms with Crippen LogP contribution in [0.5, 0.6) is 0 Å². The van der Waals surface area contributed by atoms with E-state index in [1.54, 1.807) is 0 Å². The molecule has 0 spiro atoms. The number of aliphatic hydroxyl groups excluding tert-OH is 1. The Bertz CT molecular complexity index is 252. The average molecular weight is 277 g/mol. The number of benzene rings is 1. The van der Waals surface area contributed by atoms with Crippen LogP contribution in [0.1, 0.15) is 18.0 Å². The molecule has 0 bridgehead atoms. The highest BCUT2D eigenvalue weighted by molar-refractivity contribution is 14.1. The van der Waals surface area contributed by atoms with Crippen LogP contribution in [0.15, 0.2) is 24.3 Å². The van der Waals surface area contributed by atoms with Crippen LogP contribution in [0.3, 0.4) is 0 Å². The van der Waals surface area contributed by atoms with E-state index < -0.39 is 0 Å². The highest BCUT2D eigenvalue weighted by atomic mass is 127. The van der Waals surface area contributed by atoms with Gasteiger partial charge >= 0.3 is 0 Å². The summed E-state index contributed by atoms with van der Waals surface area (Å²) in [5.41, 5.74) is 6.90. The molecule has 12 heavy (non-hydrogen) atoms. The minimum Gasteiger partial charge on any atom is -0.396 e. The predicted octanol–water partition coefficient (Wildman–Crippen LogP) is 1.67. The summed E-state index contributed by atoms with van der Waals surface area (Å²) in [7, 11) is 0. The molecule has 66 valence electrons. The minimum atomic E-state index is -0.0373. The molecule has 0 fully saturated rings. The van der Waals surface area contributed by atoms with Gasteiger partial charge in [0.15, 0.2) is 0 Å². The third-order valence-electron chi connectivity index (χ3n) is 1.72. The lowest BCUT2D eigenvalue weighted by molar-refractivity contribution is 0.276. The maximum absolute atomic E-state index is 8.69. The van der Waals surface area contributed by atoms with Crippen molar-refractivity contribution in [3.8, 4) is 0 Å². The van der Waals surface area contributed by atoms with E-state index in [1.807, 2.05) is 24.3 Å². The van der Waals surface area contributed by atoms with Crippen molar-refractivity contribution in [2.24, 2.45) is 5.73 Å². The Hall–Kier alpha value is -0.130. The fraction of sp³-hybridized carbons (Fsp3) is 0.333. The molecule has 1 aromatic rings. The first-order valence-electron chi connectivity index (χ1n) is 3.86. The Morgan fingerprint density at radius 2 is 2.25 bits per heavy atom. The predicted molar refractivity (Wildman–Crippen MR) is 57.8 cm³/mol. The quantitative estimate of drug-likeness (QED) is 0.826. The summed E-state index contributed by atoms with van der Waals surface area (Å²) in [5, 5.41) is 8.69. The molecule has 3 N–H and O–H groups in total. The van der Waals surface area contributed by atoms with Crippen LogP contribution in [-0.2, 0) is 0 Å². The van der Waals surface area contributed by atoms with Gasteiger partial charge in [-0.25, -0.2) is 0 Å². The zero-order chi connectivity index (χ0) is 8.97. The Balaban J connectivity index is 2.73. The first kappa shape index (κ1) is 9.95. The molecule has 0 heterocycles. The molecule has 3 heteroatoms. The van der Waals surface area contributed by atoms with E-state index >= 15 is 0 Å². The maximum atomic E-state index is 8.69. The monoisotopic (exact) mass is 277 g/mol. The smallest absolute Gasteiger partial charge is 0.0449 e. The van der Waals surface area contributed by atoms with Gasteiger partial charge < -0.3 is 10.8 Å². The van der Waals surface area contributed by atoms with Gasteiger partial charge in [0.2, 0.25) is 0 Å². The second kappa shape index (κ2) is 4.79. The molecular formula is C9H12INO. The second-order valence-electron chi connectivity index (χ2n) is 2.67. The molecule has 0 radical (unpaired) electrons. The third-order valence-corrected chi connectivity index (χ3v) is 2.39. The van der Waals surface area contributed by atoms with Crippen LogP contribution < -0.4 is 5.73 Å². The van der Waals surface area contributed by atoms with E-state index in [-0.39, 0.29) is 12.6 Å². The first-order valence-corrected chi connectivity index (χ1v) is 4.94. The van der Waals surface area contributed by atoms with Crippen LogP contribution >= 0.6 is 22.6 Å². The van der Waals surface area contributed by atoms with Crippen molar-refractivity contribution in [3.63, 3.8) is 0 Å². The molecule has 0 unspecified atom stereocenters. The van der Waals surface area contributed by atoms with E-state index in [1.165, 1.54) is 3.57 Å². The molecular weight excluding hydrogens is 265 g/mol. The van der Waals surface area contributed by atoms with Crippen molar-refractivity contribution in [1.82, 2.24) is 0 Å². The summed E-state index contributed by atoms with van der Waals surface area (Å²) in [6, 6.07) is 8.00. The van der Waals surface area contributed by atoms with Gasteiger partial charge in [0.1, 0.15) is 0 Å². The zero-order valence-corrected chi connectivity index (χ0v) is 8.86. The zero-order valence-electron chi connectivity index (χ0n) is 6.70. The normalized spacial score (nSPS) is 12.9. The molecule has 0 saturated carbocycles. The number of hydrogen-bond acceptors (Lipinski definition) is 2. The van der Waals surface area contributed by atoms with Gasteiger partial charge in [-0.1, -0.05) is 12.1 Å². The molecule has 0 aromatic heterocycles. The maximum Gasteiger partial charge on any atom is 0.0449 e. The molecule has 0 aliphatic rings. The highest BCUT2D eigenvalue weighted by Gasteiger charge is 2.04. The Labute approximate surface area is 85.9 Å². The largest absolute Gasteiger partial charge is 0.396 e. The third kappa shape index (κ3) is 2.73. The van der Waals surface area contributed by atoms with Gasteiger partial charge in [0.05, 0.1) is 0 Å². The fourth-order valence-electron chi connectivity index (χ4n) is 1.04. The van der Waals surface area contributed by atoms with Crippen molar-refractivity contribution in [1.29, 1.82) is 0 Å². The lowest BCUT2D eigenvalue weighted by atomic mass is 10.1. The van der Waals surface area contributed by atoms with Crippen LogP contribution in [0.25, 0.3) is 0 Å². The van der Waals surface area contributed by atoms with Gasteiger partial charge in [-0.05, 0) is 46.7 Å². The molecule has 1 rings (SSSR count).